The minimum atomic E-state index is -0.815. The van der Waals surface area contributed by atoms with E-state index >= 15 is 0 Å². The zero-order chi connectivity index (χ0) is 10.8. The van der Waals surface area contributed by atoms with Crippen molar-refractivity contribution in [3.8, 4) is 0 Å². The first-order chi connectivity index (χ1) is 7.16. The molecule has 0 unspecified atom stereocenters. The predicted octanol–water partition coefficient (Wildman–Crippen LogP) is 1.20. The summed E-state index contributed by atoms with van der Waals surface area (Å²) in [6.45, 7) is 0. The third-order valence-corrected chi connectivity index (χ3v) is 2.49. The van der Waals surface area contributed by atoms with E-state index in [1.807, 2.05) is 18.2 Å². The van der Waals surface area contributed by atoms with Crippen molar-refractivity contribution in [2.24, 2.45) is 0 Å². The zero-order valence-electron chi connectivity index (χ0n) is 8.12. The third kappa shape index (κ3) is 1.98. The highest BCUT2D eigenvalue weighted by Crippen LogP contribution is 2.26. The molecule has 0 saturated heterocycles. The Balaban J connectivity index is 2.22. The number of nitrogens with one attached hydrogen (secondary N) is 1. The summed E-state index contributed by atoms with van der Waals surface area (Å²) < 4.78 is 0. The van der Waals surface area contributed by atoms with Gasteiger partial charge in [-0.05, 0) is 23.6 Å². The van der Waals surface area contributed by atoms with Gasteiger partial charge in [-0.1, -0.05) is 12.1 Å². The molecular weight excluding hydrogens is 194 g/mol. The molecule has 0 fully saturated rings. The van der Waals surface area contributed by atoms with Gasteiger partial charge in [0.05, 0.1) is 6.42 Å². The quantitative estimate of drug-likeness (QED) is 0.779. The molecule has 78 valence electrons. The molecule has 2 rings (SSSR count). The number of hydrogen-bond acceptors (Lipinski definition) is 2. The van der Waals surface area contributed by atoms with E-state index in [1.165, 1.54) is 0 Å². The molecule has 0 aliphatic carbocycles. The van der Waals surface area contributed by atoms with Crippen LogP contribution < -0.4 is 5.32 Å². The summed E-state index contributed by atoms with van der Waals surface area (Å²) in [5.41, 5.74) is 2.72. The molecule has 0 saturated carbocycles. The number of benzene rings is 1. The molecule has 2 N–H and O–H groups in total. The summed E-state index contributed by atoms with van der Waals surface area (Å²) in [5.74, 6) is -0.835. The fraction of sp³-hybridized carbons (Fsp3) is 0.273. The molecule has 1 amide bonds. The fourth-order valence-electron chi connectivity index (χ4n) is 1.79. The molecule has 4 nitrogen and oxygen atoms in total. The van der Waals surface area contributed by atoms with Crippen LogP contribution in [0.1, 0.15) is 17.5 Å². The molecule has 0 radical (unpaired) electrons. The number of fused-ring (bicyclic) bond motifs is 1. The van der Waals surface area contributed by atoms with E-state index in [9.17, 15) is 9.59 Å². The smallest absolute Gasteiger partial charge is 0.303 e. The van der Waals surface area contributed by atoms with Crippen molar-refractivity contribution >= 4 is 17.6 Å². The van der Waals surface area contributed by atoms with Crippen molar-refractivity contribution in [1.82, 2.24) is 0 Å². The second kappa shape index (κ2) is 3.73. The lowest BCUT2D eigenvalue weighted by molar-refractivity contribution is -0.136. The molecule has 15 heavy (non-hydrogen) atoms. The van der Waals surface area contributed by atoms with Crippen LogP contribution in [0, 0.1) is 0 Å². The Kier molecular flexibility index (Phi) is 2.41. The number of rotatable bonds is 3. The lowest BCUT2D eigenvalue weighted by Gasteiger charge is -2.04. The van der Waals surface area contributed by atoms with Crippen LogP contribution in [-0.2, 0) is 22.4 Å². The maximum Gasteiger partial charge on any atom is 0.303 e. The van der Waals surface area contributed by atoms with Gasteiger partial charge in [0.2, 0.25) is 5.91 Å². The van der Waals surface area contributed by atoms with Gasteiger partial charge >= 0.3 is 5.97 Å². The molecule has 1 aromatic rings. The Hall–Kier alpha value is -1.84. The molecule has 4 heteroatoms. The minimum absolute atomic E-state index is 0.0206. The molecule has 0 spiro atoms. The van der Waals surface area contributed by atoms with Crippen molar-refractivity contribution in [1.29, 1.82) is 0 Å². The van der Waals surface area contributed by atoms with Gasteiger partial charge in [-0.15, -0.1) is 0 Å². The lowest BCUT2D eigenvalue weighted by Crippen LogP contribution is -2.03. The van der Waals surface area contributed by atoms with Crippen LogP contribution in [-0.4, -0.2) is 17.0 Å². The number of amides is 1. The van der Waals surface area contributed by atoms with Gasteiger partial charge in [-0.3, -0.25) is 9.59 Å². The van der Waals surface area contributed by atoms with Crippen molar-refractivity contribution in [2.45, 2.75) is 19.3 Å². The van der Waals surface area contributed by atoms with E-state index < -0.39 is 5.97 Å². The van der Waals surface area contributed by atoms with Crippen molar-refractivity contribution in [2.75, 3.05) is 5.32 Å². The summed E-state index contributed by atoms with van der Waals surface area (Å²) in [6, 6.07) is 5.55. The van der Waals surface area contributed by atoms with Crippen molar-refractivity contribution in [3.05, 3.63) is 29.3 Å². The molecule has 0 aromatic heterocycles. The number of aliphatic carboxylic acids is 1. The topological polar surface area (TPSA) is 66.4 Å². The Bertz CT molecular complexity index is 426. The Morgan fingerprint density at radius 3 is 3.00 bits per heavy atom. The largest absolute Gasteiger partial charge is 0.481 e. The lowest BCUT2D eigenvalue weighted by atomic mass is 10.0. The van der Waals surface area contributed by atoms with Gasteiger partial charge < -0.3 is 10.4 Å². The first-order valence-corrected chi connectivity index (χ1v) is 4.79. The van der Waals surface area contributed by atoms with Crippen LogP contribution in [0.5, 0.6) is 0 Å². The van der Waals surface area contributed by atoms with Gasteiger partial charge in [0, 0.05) is 12.1 Å². The summed E-state index contributed by atoms with van der Waals surface area (Å²) in [4.78, 5) is 21.6. The summed E-state index contributed by atoms with van der Waals surface area (Å²) in [5, 5.41) is 11.3. The molecule has 0 atom stereocenters. The summed E-state index contributed by atoms with van der Waals surface area (Å²) in [6.07, 6.45) is 0.948. The van der Waals surface area contributed by atoms with E-state index in [2.05, 4.69) is 5.32 Å². The van der Waals surface area contributed by atoms with Crippen molar-refractivity contribution < 1.29 is 14.7 Å². The Labute approximate surface area is 86.9 Å². The first-order valence-electron chi connectivity index (χ1n) is 4.79. The second-order valence-electron chi connectivity index (χ2n) is 3.56. The highest BCUT2D eigenvalue weighted by atomic mass is 16.4. The third-order valence-electron chi connectivity index (χ3n) is 2.49. The number of aryl methyl sites for hydroxylation is 1. The molecule has 0 bridgehead atoms. The molecule has 1 aliphatic rings. The number of carboxylic acids is 1. The maximum absolute atomic E-state index is 11.2. The van der Waals surface area contributed by atoms with Gasteiger partial charge in [0.15, 0.2) is 0 Å². The Morgan fingerprint density at radius 1 is 1.47 bits per heavy atom. The van der Waals surface area contributed by atoms with Gasteiger partial charge in [-0.25, -0.2) is 0 Å². The SMILES string of the molecule is O=C(O)CCc1cccc2c1CC(=O)N2. The van der Waals surface area contributed by atoms with Crippen LogP contribution in [0.3, 0.4) is 0 Å². The summed E-state index contributed by atoms with van der Waals surface area (Å²) >= 11 is 0. The number of carbonyl (C=O) groups excluding carboxylic acids is 1. The van der Waals surface area contributed by atoms with Crippen LogP contribution in [0.15, 0.2) is 18.2 Å². The average Bonchev–Trinajstić information content (AvgIpc) is 2.55. The average molecular weight is 205 g/mol. The predicted molar refractivity (Wildman–Crippen MR) is 54.7 cm³/mol. The molecule has 1 heterocycles. The highest BCUT2D eigenvalue weighted by Gasteiger charge is 2.20. The van der Waals surface area contributed by atoms with Gasteiger partial charge in [0.1, 0.15) is 0 Å². The van der Waals surface area contributed by atoms with E-state index in [4.69, 9.17) is 5.11 Å². The van der Waals surface area contributed by atoms with Gasteiger partial charge in [0.25, 0.3) is 0 Å². The fourth-order valence-corrected chi connectivity index (χ4v) is 1.79. The van der Waals surface area contributed by atoms with Crippen LogP contribution in [0.4, 0.5) is 5.69 Å². The minimum Gasteiger partial charge on any atom is -0.481 e. The van der Waals surface area contributed by atoms with Crippen molar-refractivity contribution in [3.63, 3.8) is 0 Å². The maximum atomic E-state index is 11.2. The molecular formula is C11H11NO3. The van der Waals surface area contributed by atoms with Crippen LogP contribution in [0.2, 0.25) is 0 Å². The Morgan fingerprint density at radius 2 is 2.27 bits per heavy atom. The second-order valence-corrected chi connectivity index (χ2v) is 3.56. The van der Waals surface area contributed by atoms with E-state index in [0.29, 0.717) is 12.8 Å². The zero-order valence-corrected chi connectivity index (χ0v) is 8.12. The first kappa shape index (κ1) is 9.71. The standard InChI is InChI=1S/C11H11NO3/c13-10-6-8-7(4-5-11(14)15)2-1-3-9(8)12-10/h1-3H,4-6H2,(H,12,13)(H,14,15). The number of anilines is 1. The highest BCUT2D eigenvalue weighted by molar-refractivity contribution is 5.99. The normalized spacial score (nSPS) is 13.5. The summed E-state index contributed by atoms with van der Waals surface area (Å²) in [7, 11) is 0. The number of carboxylic acid groups (broad SMARTS) is 1. The monoisotopic (exact) mass is 205 g/mol. The molecule has 1 aromatic carbocycles. The molecule has 1 aliphatic heterocycles. The number of hydrogen-bond donors (Lipinski definition) is 2. The number of carbonyl (C=O) groups is 2. The van der Waals surface area contributed by atoms with E-state index in [-0.39, 0.29) is 12.3 Å². The van der Waals surface area contributed by atoms with E-state index in [1.54, 1.807) is 0 Å². The van der Waals surface area contributed by atoms with Crippen LogP contribution in [0.25, 0.3) is 0 Å². The van der Waals surface area contributed by atoms with Crippen LogP contribution >= 0.6 is 0 Å². The van der Waals surface area contributed by atoms with Gasteiger partial charge in [-0.2, -0.15) is 0 Å². The van der Waals surface area contributed by atoms with E-state index in [0.717, 1.165) is 16.8 Å².